The normalized spacial score (nSPS) is 52.2. The largest absolute Gasteiger partial charge is 0.395 e. The zero-order chi connectivity index (χ0) is 7.19. The summed E-state index contributed by atoms with van der Waals surface area (Å²) in [6.45, 7) is 3.76. The lowest BCUT2D eigenvalue weighted by Crippen LogP contribution is -2.24. The molecule has 3 atom stereocenters. The summed E-state index contributed by atoms with van der Waals surface area (Å²) in [5, 5.41) is 12.2. The standard InChI is InChI=1S/C8H15NO/c1-6-2-8(6)3-7(4-10)9-5-8/h6-7,9-10H,2-5H2,1H3/t6-,7?,8?/m1/s1. The minimum Gasteiger partial charge on any atom is -0.395 e. The predicted molar refractivity (Wildman–Crippen MR) is 39.7 cm³/mol. The molecule has 1 saturated carbocycles. The van der Waals surface area contributed by atoms with Crippen molar-refractivity contribution in [2.75, 3.05) is 13.2 Å². The molecule has 1 heterocycles. The molecule has 1 aliphatic carbocycles. The van der Waals surface area contributed by atoms with Crippen LogP contribution in [0.4, 0.5) is 0 Å². The van der Waals surface area contributed by atoms with Crippen LogP contribution in [0.3, 0.4) is 0 Å². The van der Waals surface area contributed by atoms with Crippen LogP contribution in [0.25, 0.3) is 0 Å². The fraction of sp³-hybridized carbons (Fsp3) is 1.00. The maximum absolute atomic E-state index is 8.85. The minimum absolute atomic E-state index is 0.314. The van der Waals surface area contributed by atoms with Gasteiger partial charge in [0.15, 0.2) is 0 Å². The first-order valence-corrected chi connectivity index (χ1v) is 4.11. The van der Waals surface area contributed by atoms with Gasteiger partial charge in [0.2, 0.25) is 0 Å². The van der Waals surface area contributed by atoms with Crippen molar-refractivity contribution in [3.05, 3.63) is 0 Å². The highest BCUT2D eigenvalue weighted by Crippen LogP contribution is 2.57. The van der Waals surface area contributed by atoms with E-state index in [-0.39, 0.29) is 0 Å². The highest BCUT2D eigenvalue weighted by molar-refractivity contribution is 5.07. The van der Waals surface area contributed by atoms with Crippen LogP contribution < -0.4 is 5.32 Å². The van der Waals surface area contributed by atoms with Crippen LogP contribution in [0, 0.1) is 11.3 Å². The molecule has 0 aromatic heterocycles. The summed E-state index contributed by atoms with van der Waals surface area (Å²) in [4.78, 5) is 0. The van der Waals surface area contributed by atoms with Crippen LogP contribution in [-0.4, -0.2) is 24.3 Å². The number of hydrogen-bond donors (Lipinski definition) is 2. The first-order chi connectivity index (χ1) is 4.77. The van der Waals surface area contributed by atoms with Crippen LogP contribution in [0.2, 0.25) is 0 Å². The fourth-order valence-electron chi connectivity index (χ4n) is 2.19. The topological polar surface area (TPSA) is 32.3 Å². The third-order valence-electron chi connectivity index (χ3n) is 3.21. The van der Waals surface area contributed by atoms with Crippen molar-refractivity contribution >= 4 is 0 Å². The van der Waals surface area contributed by atoms with Gasteiger partial charge in [-0.1, -0.05) is 6.92 Å². The Labute approximate surface area is 61.6 Å². The molecular formula is C8H15NO. The lowest BCUT2D eigenvalue weighted by atomic mass is 10.0. The van der Waals surface area contributed by atoms with E-state index in [0.29, 0.717) is 18.1 Å². The first-order valence-electron chi connectivity index (χ1n) is 4.11. The third-order valence-corrected chi connectivity index (χ3v) is 3.21. The Balaban J connectivity index is 1.95. The molecule has 1 saturated heterocycles. The Kier molecular flexibility index (Phi) is 1.29. The van der Waals surface area contributed by atoms with E-state index in [1.54, 1.807) is 0 Å². The lowest BCUT2D eigenvalue weighted by Gasteiger charge is -2.04. The van der Waals surface area contributed by atoms with Gasteiger partial charge in [0.1, 0.15) is 0 Å². The summed E-state index contributed by atoms with van der Waals surface area (Å²) in [5.41, 5.74) is 0.605. The molecule has 0 radical (unpaired) electrons. The Hall–Kier alpha value is -0.0800. The smallest absolute Gasteiger partial charge is 0.0584 e. The van der Waals surface area contributed by atoms with Gasteiger partial charge in [0.05, 0.1) is 6.61 Å². The summed E-state index contributed by atoms with van der Waals surface area (Å²) in [6, 6.07) is 0.393. The maximum Gasteiger partial charge on any atom is 0.0584 e. The molecule has 0 aromatic carbocycles. The molecule has 0 bridgehead atoms. The molecule has 2 heteroatoms. The second-order valence-electron chi connectivity index (χ2n) is 3.93. The molecule has 2 rings (SSSR count). The lowest BCUT2D eigenvalue weighted by molar-refractivity contribution is 0.251. The van der Waals surface area contributed by atoms with Crippen molar-refractivity contribution in [2.24, 2.45) is 11.3 Å². The molecule has 2 unspecified atom stereocenters. The Morgan fingerprint density at radius 3 is 2.60 bits per heavy atom. The third kappa shape index (κ3) is 0.789. The molecule has 1 aliphatic heterocycles. The van der Waals surface area contributed by atoms with Gasteiger partial charge in [-0.2, -0.15) is 0 Å². The van der Waals surface area contributed by atoms with E-state index in [0.717, 1.165) is 12.5 Å². The zero-order valence-electron chi connectivity index (χ0n) is 6.43. The molecule has 2 fully saturated rings. The second-order valence-corrected chi connectivity index (χ2v) is 3.93. The van der Waals surface area contributed by atoms with Crippen molar-refractivity contribution in [1.29, 1.82) is 0 Å². The van der Waals surface area contributed by atoms with Gasteiger partial charge < -0.3 is 10.4 Å². The van der Waals surface area contributed by atoms with Crippen LogP contribution >= 0.6 is 0 Å². The van der Waals surface area contributed by atoms with E-state index < -0.39 is 0 Å². The van der Waals surface area contributed by atoms with E-state index in [4.69, 9.17) is 5.11 Å². The number of hydrogen-bond acceptors (Lipinski definition) is 2. The summed E-state index contributed by atoms with van der Waals surface area (Å²) >= 11 is 0. The molecule has 1 spiro atoms. The maximum atomic E-state index is 8.85. The Morgan fingerprint density at radius 1 is 1.60 bits per heavy atom. The molecule has 2 nitrogen and oxygen atoms in total. The number of rotatable bonds is 1. The van der Waals surface area contributed by atoms with Gasteiger partial charge in [-0.15, -0.1) is 0 Å². The Morgan fingerprint density at radius 2 is 2.30 bits per heavy atom. The average Bonchev–Trinajstić information content (AvgIpc) is 2.43. The van der Waals surface area contributed by atoms with E-state index in [9.17, 15) is 0 Å². The van der Waals surface area contributed by atoms with Gasteiger partial charge in [0.25, 0.3) is 0 Å². The quantitative estimate of drug-likeness (QED) is 0.553. The average molecular weight is 141 g/mol. The molecular weight excluding hydrogens is 126 g/mol. The SMILES string of the molecule is C[C@@H]1CC12CNC(CO)C2. The summed E-state index contributed by atoms with van der Waals surface area (Å²) < 4.78 is 0. The molecule has 0 amide bonds. The fourth-order valence-corrected chi connectivity index (χ4v) is 2.19. The van der Waals surface area contributed by atoms with Gasteiger partial charge in [-0.3, -0.25) is 0 Å². The van der Waals surface area contributed by atoms with Crippen molar-refractivity contribution in [3.63, 3.8) is 0 Å². The summed E-state index contributed by atoms with van der Waals surface area (Å²) in [6.07, 6.45) is 2.57. The number of aliphatic hydroxyl groups is 1. The highest BCUT2D eigenvalue weighted by Gasteiger charge is 2.54. The van der Waals surface area contributed by atoms with Crippen molar-refractivity contribution < 1.29 is 5.11 Å². The van der Waals surface area contributed by atoms with E-state index in [1.807, 2.05) is 0 Å². The molecule has 0 aromatic rings. The Bertz CT molecular complexity index is 148. The number of nitrogens with one attached hydrogen (secondary N) is 1. The van der Waals surface area contributed by atoms with E-state index in [2.05, 4.69) is 12.2 Å². The highest BCUT2D eigenvalue weighted by atomic mass is 16.3. The van der Waals surface area contributed by atoms with E-state index in [1.165, 1.54) is 12.8 Å². The second kappa shape index (κ2) is 1.95. The van der Waals surface area contributed by atoms with Crippen molar-refractivity contribution in [3.8, 4) is 0 Å². The zero-order valence-corrected chi connectivity index (χ0v) is 6.43. The van der Waals surface area contributed by atoms with Gasteiger partial charge >= 0.3 is 0 Å². The van der Waals surface area contributed by atoms with Crippen molar-refractivity contribution in [2.45, 2.75) is 25.8 Å². The van der Waals surface area contributed by atoms with Crippen molar-refractivity contribution in [1.82, 2.24) is 5.32 Å². The molecule has 2 N–H and O–H groups in total. The monoisotopic (exact) mass is 141 g/mol. The van der Waals surface area contributed by atoms with Crippen LogP contribution in [0.5, 0.6) is 0 Å². The minimum atomic E-state index is 0.314. The predicted octanol–water partition coefficient (Wildman–Crippen LogP) is 0.367. The van der Waals surface area contributed by atoms with Crippen LogP contribution in [0.1, 0.15) is 19.8 Å². The van der Waals surface area contributed by atoms with Gasteiger partial charge in [0, 0.05) is 12.6 Å². The van der Waals surface area contributed by atoms with Crippen LogP contribution in [0.15, 0.2) is 0 Å². The van der Waals surface area contributed by atoms with E-state index >= 15 is 0 Å². The number of aliphatic hydroxyl groups excluding tert-OH is 1. The summed E-state index contributed by atoms with van der Waals surface area (Å²) in [7, 11) is 0. The summed E-state index contributed by atoms with van der Waals surface area (Å²) in [5.74, 6) is 0.900. The molecule has 2 aliphatic rings. The van der Waals surface area contributed by atoms with Gasteiger partial charge in [-0.05, 0) is 24.2 Å². The molecule has 58 valence electrons. The molecule has 10 heavy (non-hydrogen) atoms. The van der Waals surface area contributed by atoms with Crippen LogP contribution in [-0.2, 0) is 0 Å². The first kappa shape index (κ1) is 6.62. The van der Waals surface area contributed by atoms with Gasteiger partial charge in [-0.25, -0.2) is 0 Å².